The number of fused-ring (bicyclic) bond motifs is 4. The van der Waals surface area contributed by atoms with E-state index in [-0.39, 0.29) is 70.6 Å². The summed E-state index contributed by atoms with van der Waals surface area (Å²) in [5.41, 5.74) is 0.983. The van der Waals surface area contributed by atoms with Gasteiger partial charge in [0.2, 0.25) is 0 Å². The fraction of sp³-hybridized carbons (Fsp3) is 0.182. The van der Waals surface area contributed by atoms with E-state index in [0.717, 1.165) is 21.3 Å². The summed E-state index contributed by atoms with van der Waals surface area (Å²) in [4.78, 5) is 7.60. The topological polar surface area (TPSA) is 33.5 Å². The average molecular weight is 1140 g/mol. The smallest absolute Gasteiger partial charge is 0.135 e. The van der Waals surface area contributed by atoms with Gasteiger partial charge in [-0.2, -0.15) is 12.1 Å². The van der Waals surface area contributed by atoms with Crippen molar-refractivity contribution in [3.63, 3.8) is 0 Å². The van der Waals surface area contributed by atoms with Gasteiger partial charge < -0.3 is 19.1 Å². The molecule has 362 valence electrons. The van der Waals surface area contributed by atoms with Crippen molar-refractivity contribution in [2.24, 2.45) is 0 Å². The Balaban J connectivity index is 0.00000946. The first kappa shape index (κ1) is 29.3. The van der Waals surface area contributed by atoms with E-state index in [9.17, 15) is 15.1 Å². The number of rotatable bonds is 8. The van der Waals surface area contributed by atoms with Crippen LogP contribution >= 0.6 is 0 Å². The van der Waals surface area contributed by atoms with Crippen LogP contribution in [0, 0.1) is 18.8 Å². The second kappa shape index (κ2) is 18.8. The minimum absolute atomic E-state index is 0. The summed E-state index contributed by atoms with van der Waals surface area (Å²) in [6.45, 7) is 19.3. The zero-order valence-corrected chi connectivity index (χ0v) is 43.1. The number of pyridine rings is 1. The van der Waals surface area contributed by atoms with Gasteiger partial charge in [0.15, 0.2) is 0 Å². The Morgan fingerprint density at radius 3 is 1.82 bits per heavy atom. The molecule has 3 heterocycles. The summed E-state index contributed by atoms with van der Waals surface area (Å²) in [6.07, 6.45) is -0.619. The summed E-state index contributed by atoms with van der Waals surface area (Å²) in [5.74, 6) is -1.62. The first-order chi connectivity index (χ1) is 42.8. The number of nitrogens with zero attached hydrogens (tertiary/aromatic N) is 4. The van der Waals surface area contributed by atoms with Crippen molar-refractivity contribution in [2.75, 3.05) is 9.80 Å². The first-order valence-corrected chi connectivity index (χ1v) is 23.0. The molecule has 0 spiro atoms. The number of ether oxygens (including phenoxy) is 1. The number of aromatic nitrogens is 2. The minimum Gasteiger partial charge on any atom is -0.509 e. The van der Waals surface area contributed by atoms with Crippen LogP contribution in [0.4, 0.5) is 22.7 Å². The van der Waals surface area contributed by atoms with Crippen LogP contribution in [-0.2, 0) is 37.3 Å². The Labute approximate surface area is 469 Å². The molecule has 0 bridgehead atoms. The standard InChI is InChI=1S/C66H59N4O.Pt/c1-64(2,3)48-34-35-67-62(40-48)70-58-33-30-46(44-20-12-10-13-21-44)38-57(58)56-32-31-53(42-61(56)70)71-52-25-18-24-51(41-52)68-43-69(60-29-17-16-28-59(60)68)63-54(45-22-14-11-15-23-45)26-19-27-55(63)47-36-49(65(4,5)6)39-50(37-47)66(7,8)9;/h10-40,43H,1-9H3;/q-3;/i10D,11D,12D,13D,14D,15D,18D,20D,21D,22D,23D,24D,25D,30D,31D,32D,33D,34D,35D,38D,40D;. The molecular formula is C66H59N4OPt-3. The Bertz CT molecular complexity index is 4790. The number of anilines is 4. The van der Waals surface area contributed by atoms with Crippen molar-refractivity contribution in [3.8, 4) is 50.7 Å². The van der Waals surface area contributed by atoms with E-state index in [0.29, 0.717) is 22.6 Å². The van der Waals surface area contributed by atoms with Crippen molar-refractivity contribution in [1.29, 1.82) is 0 Å². The number of hydrogen-bond acceptors (Lipinski definition) is 4. The Kier molecular flexibility index (Phi) is 7.65. The molecule has 0 saturated heterocycles. The summed E-state index contributed by atoms with van der Waals surface area (Å²) >= 11 is 0. The molecule has 0 unspecified atom stereocenters. The quantitative estimate of drug-likeness (QED) is 0.142. The Morgan fingerprint density at radius 2 is 1.15 bits per heavy atom. The molecule has 0 aliphatic carbocycles. The van der Waals surface area contributed by atoms with Crippen LogP contribution in [-0.4, -0.2) is 9.55 Å². The van der Waals surface area contributed by atoms with Gasteiger partial charge in [-0.15, -0.1) is 48.0 Å². The number of para-hydroxylation sites is 3. The molecule has 2 aromatic heterocycles. The third kappa shape index (κ3) is 9.16. The van der Waals surface area contributed by atoms with Crippen molar-refractivity contribution in [3.05, 3.63) is 223 Å². The Morgan fingerprint density at radius 1 is 0.528 bits per heavy atom. The molecule has 0 amide bonds. The van der Waals surface area contributed by atoms with Crippen LogP contribution in [0.2, 0.25) is 0 Å². The van der Waals surface area contributed by atoms with Gasteiger partial charge in [0.05, 0.1) is 21.9 Å². The van der Waals surface area contributed by atoms with Crippen LogP contribution in [0.5, 0.6) is 11.5 Å². The van der Waals surface area contributed by atoms with E-state index in [1.54, 1.807) is 68.7 Å². The normalized spacial score (nSPS) is 16.9. The molecule has 0 atom stereocenters. The number of benzene rings is 8. The van der Waals surface area contributed by atoms with Gasteiger partial charge >= 0.3 is 0 Å². The van der Waals surface area contributed by atoms with Crippen molar-refractivity contribution in [1.82, 2.24) is 9.55 Å². The zero-order chi connectivity index (χ0) is 67.5. The summed E-state index contributed by atoms with van der Waals surface area (Å²) in [7, 11) is 0. The average Bonchev–Trinajstić information content (AvgIpc) is 1.57. The second-order valence-electron chi connectivity index (χ2n) is 20.3. The predicted molar refractivity (Wildman–Crippen MR) is 297 cm³/mol. The van der Waals surface area contributed by atoms with Gasteiger partial charge in [-0.05, 0) is 94.9 Å². The zero-order valence-electron chi connectivity index (χ0n) is 61.9. The second-order valence-corrected chi connectivity index (χ2v) is 20.3. The van der Waals surface area contributed by atoms with E-state index in [4.69, 9.17) is 18.4 Å². The summed E-state index contributed by atoms with van der Waals surface area (Å²) in [5, 5.41) is -0.707. The number of hydrogen-bond donors (Lipinski definition) is 0. The van der Waals surface area contributed by atoms with Gasteiger partial charge in [0.1, 0.15) is 5.82 Å². The maximum Gasteiger partial charge on any atom is 0.135 e. The van der Waals surface area contributed by atoms with Gasteiger partial charge in [-0.3, -0.25) is 0 Å². The third-order valence-corrected chi connectivity index (χ3v) is 12.2. The van der Waals surface area contributed by atoms with E-state index >= 15 is 0 Å². The third-order valence-electron chi connectivity index (χ3n) is 12.2. The molecule has 0 N–H and O–H groups in total. The fourth-order valence-corrected chi connectivity index (χ4v) is 8.47. The van der Waals surface area contributed by atoms with Crippen LogP contribution in [0.25, 0.3) is 61.0 Å². The molecular weight excluding hydrogens is 1060 g/mol. The van der Waals surface area contributed by atoms with E-state index in [2.05, 4.69) is 76.9 Å². The predicted octanol–water partition coefficient (Wildman–Crippen LogP) is 17.9. The first-order valence-electron chi connectivity index (χ1n) is 33.5. The monoisotopic (exact) mass is 1140 g/mol. The van der Waals surface area contributed by atoms with E-state index in [1.807, 2.05) is 6.07 Å². The van der Waals surface area contributed by atoms with E-state index < -0.39 is 166 Å². The van der Waals surface area contributed by atoms with Gasteiger partial charge in [0, 0.05) is 75.2 Å². The van der Waals surface area contributed by atoms with Gasteiger partial charge in [-0.1, -0.05) is 189 Å². The summed E-state index contributed by atoms with van der Waals surface area (Å²) < 4.78 is 198. The molecule has 72 heavy (non-hydrogen) atoms. The van der Waals surface area contributed by atoms with Crippen LogP contribution < -0.4 is 14.5 Å². The Hall–Kier alpha value is -7.20. The SMILES string of the molecule is [2H]c1nc(-n2c3[c-]c(Oc4[c-]c(N5[CH-]N(c6c(-c7cc(C(C)(C)C)cc(C(C)(C)C)c7)cccc6-c6c([2H])c([2H])c([2H])c([2H])c6[2H])c6ccccc65)c([2H])c([2H])c4[2H])c([2H])c([2H])c3c3c([2H])c(-c4c([2H])c([2H])c([2H])c([2H])c4[2H])c([2H])c([2H])c32)c([2H])c(C(C)(C)C)c1[2H].[Pt]. The summed E-state index contributed by atoms with van der Waals surface area (Å²) in [6, 6.07) is 11.5. The van der Waals surface area contributed by atoms with Gasteiger partial charge in [0.25, 0.3) is 0 Å². The molecule has 0 fully saturated rings. The van der Waals surface area contributed by atoms with Gasteiger partial charge in [-0.25, -0.2) is 4.98 Å². The van der Waals surface area contributed by atoms with Crippen molar-refractivity contribution < 1.29 is 54.6 Å². The van der Waals surface area contributed by atoms with Crippen LogP contribution in [0.1, 0.15) is 108 Å². The molecule has 11 rings (SSSR count). The van der Waals surface area contributed by atoms with Crippen LogP contribution in [0.3, 0.4) is 0 Å². The van der Waals surface area contributed by atoms with Crippen LogP contribution in [0.15, 0.2) is 188 Å². The maximum absolute atomic E-state index is 9.75. The molecule has 0 saturated carbocycles. The fourth-order valence-electron chi connectivity index (χ4n) is 8.47. The largest absolute Gasteiger partial charge is 0.509 e. The minimum atomic E-state index is -0.989. The molecule has 5 nitrogen and oxygen atoms in total. The molecule has 1 aliphatic rings. The molecule has 10 aromatic rings. The van der Waals surface area contributed by atoms with E-state index in [1.165, 1.54) is 4.90 Å². The van der Waals surface area contributed by atoms with Crippen molar-refractivity contribution in [2.45, 2.75) is 78.6 Å². The van der Waals surface area contributed by atoms with Crippen molar-refractivity contribution >= 4 is 44.6 Å². The molecule has 6 heteroatoms. The molecule has 0 radical (unpaired) electrons. The molecule has 1 aliphatic heterocycles. The maximum atomic E-state index is 9.75. The molecule has 8 aromatic carbocycles.